The molecule has 0 amide bonds. The summed E-state index contributed by atoms with van der Waals surface area (Å²) in [6.07, 6.45) is 2.68. The molecule has 1 aliphatic carbocycles. The summed E-state index contributed by atoms with van der Waals surface area (Å²) in [5.74, 6) is 0.895. The third-order valence-electron chi connectivity index (χ3n) is 4.15. The van der Waals surface area contributed by atoms with Gasteiger partial charge in [-0.1, -0.05) is 30.3 Å². The number of fused-ring (bicyclic) bond motifs is 1. The zero-order chi connectivity index (χ0) is 10.3. The molecule has 1 aromatic rings. The summed E-state index contributed by atoms with van der Waals surface area (Å²) in [7, 11) is 0. The molecule has 1 aliphatic heterocycles. The van der Waals surface area contributed by atoms with E-state index in [9.17, 15) is 0 Å². The smallest absolute Gasteiger partial charge is 0.0367 e. The maximum Gasteiger partial charge on any atom is 0.0367 e. The Morgan fingerprint density at radius 3 is 2.53 bits per heavy atom. The van der Waals surface area contributed by atoms with Crippen LogP contribution < -0.4 is 5.73 Å². The molecule has 1 saturated carbocycles. The highest BCUT2D eigenvalue weighted by Crippen LogP contribution is 2.55. The van der Waals surface area contributed by atoms with Crippen molar-refractivity contribution >= 4 is 24.8 Å². The molecule has 2 fully saturated rings. The molecule has 1 unspecified atom stereocenters. The first-order valence-corrected chi connectivity index (χ1v) is 5.84. The largest absolute Gasteiger partial charge is 0.329 e. The molecule has 1 saturated heterocycles. The van der Waals surface area contributed by atoms with E-state index in [0.717, 1.165) is 19.0 Å². The highest BCUT2D eigenvalue weighted by Gasteiger charge is 2.60. The van der Waals surface area contributed by atoms with Crippen molar-refractivity contribution in [1.82, 2.24) is 4.90 Å². The lowest BCUT2D eigenvalue weighted by atomic mass is 10.1. The van der Waals surface area contributed by atoms with Crippen LogP contribution in [0.15, 0.2) is 30.3 Å². The summed E-state index contributed by atoms with van der Waals surface area (Å²) in [6, 6.07) is 10.7. The zero-order valence-corrected chi connectivity index (χ0v) is 11.5. The molecule has 1 aromatic carbocycles. The van der Waals surface area contributed by atoms with Crippen LogP contribution in [-0.4, -0.2) is 23.5 Å². The van der Waals surface area contributed by atoms with E-state index in [1.54, 1.807) is 0 Å². The number of hydrogen-bond acceptors (Lipinski definition) is 2. The molecule has 2 atom stereocenters. The molecule has 0 bridgehead atoms. The summed E-state index contributed by atoms with van der Waals surface area (Å²) in [4.78, 5) is 2.59. The quantitative estimate of drug-likeness (QED) is 0.918. The van der Waals surface area contributed by atoms with E-state index >= 15 is 0 Å². The van der Waals surface area contributed by atoms with Gasteiger partial charge < -0.3 is 5.73 Å². The Kier molecular flexibility index (Phi) is 4.85. The van der Waals surface area contributed by atoms with E-state index < -0.39 is 0 Å². The molecule has 17 heavy (non-hydrogen) atoms. The Morgan fingerprint density at radius 2 is 1.94 bits per heavy atom. The Bertz CT molecular complexity index is 354. The molecular weight excluding hydrogens is 255 g/mol. The van der Waals surface area contributed by atoms with Crippen LogP contribution in [0.4, 0.5) is 0 Å². The van der Waals surface area contributed by atoms with Crippen LogP contribution in [0.5, 0.6) is 0 Å². The minimum atomic E-state index is 0. The molecule has 2 aliphatic rings. The zero-order valence-electron chi connectivity index (χ0n) is 9.84. The molecule has 0 aromatic heterocycles. The average Bonchev–Trinajstić information content (AvgIpc) is 2.92. The number of benzene rings is 1. The SMILES string of the molecule is Cl.Cl.NC[C@]12CC1CCN2Cc1ccccc1. The molecule has 0 radical (unpaired) electrons. The summed E-state index contributed by atoms with van der Waals surface area (Å²) < 4.78 is 0. The summed E-state index contributed by atoms with van der Waals surface area (Å²) in [5, 5.41) is 0. The van der Waals surface area contributed by atoms with Gasteiger partial charge in [0.15, 0.2) is 0 Å². The van der Waals surface area contributed by atoms with Crippen LogP contribution in [-0.2, 0) is 6.54 Å². The normalized spacial score (nSPS) is 30.1. The predicted octanol–water partition coefficient (Wildman–Crippen LogP) is 2.45. The Hall–Kier alpha value is -0.280. The van der Waals surface area contributed by atoms with Crippen LogP contribution >= 0.6 is 24.8 Å². The van der Waals surface area contributed by atoms with Gasteiger partial charge in [-0.15, -0.1) is 24.8 Å². The molecule has 0 spiro atoms. The van der Waals surface area contributed by atoms with Gasteiger partial charge in [0.2, 0.25) is 0 Å². The van der Waals surface area contributed by atoms with Gasteiger partial charge in [-0.05, 0) is 30.9 Å². The number of rotatable bonds is 3. The fourth-order valence-electron chi connectivity index (χ4n) is 3.08. The molecular formula is C13H20Cl2N2. The first-order chi connectivity index (χ1) is 7.35. The van der Waals surface area contributed by atoms with Gasteiger partial charge in [0, 0.05) is 18.6 Å². The molecule has 2 nitrogen and oxygen atoms in total. The number of nitrogens with two attached hydrogens (primary N) is 1. The third kappa shape index (κ3) is 2.45. The number of hydrogen-bond donors (Lipinski definition) is 1. The van der Waals surface area contributed by atoms with Crippen LogP contribution in [0.25, 0.3) is 0 Å². The number of nitrogens with zero attached hydrogens (tertiary/aromatic N) is 1. The highest BCUT2D eigenvalue weighted by atomic mass is 35.5. The van der Waals surface area contributed by atoms with Crippen LogP contribution in [0, 0.1) is 5.92 Å². The number of likely N-dealkylation sites (tertiary alicyclic amines) is 1. The van der Waals surface area contributed by atoms with E-state index in [-0.39, 0.29) is 24.8 Å². The van der Waals surface area contributed by atoms with Gasteiger partial charge in [-0.3, -0.25) is 4.90 Å². The number of piperidine rings is 1. The monoisotopic (exact) mass is 274 g/mol. The molecule has 3 rings (SSSR count). The van der Waals surface area contributed by atoms with E-state index in [1.165, 1.54) is 24.9 Å². The minimum absolute atomic E-state index is 0. The summed E-state index contributed by atoms with van der Waals surface area (Å²) in [5.41, 5.74) is 7.71. The van der Waals surface area contributed by atoms with Crippen molar-refractivity contribution in [3.8, 4) is 0 Å². The van der Waals surface area contributed by atoms with Gasteiger partial charge >= 0.3 is 0 Å². The van der Waals surface area contributed by atoms with E-state index in [4.69, 9.17) is 5.73 Å². The fraction of sp³-hybridized carbons (Fsp3) is 0.538. The average molecular weight is 275 g/mol. The molecule has 96 valence electrons. The van der Waals surface area contributed by atoms with Crippen molar-refractivity contribution in [2.75, 3.05) is 13.1 Å². The lowest BCUT2D eigenvalue weighted by molar-refractivity contribution is 0.206. The first-order valence-electron chi connectivity index (χ1n) is 5.84. The Labute approximate surface area is 115 Å². The maximum atomic E-state index is 5.91. The molecule has 4 heteroatoms. The Balaban J connectivity index is 0.000000722. The van der Waals surface area contributed by atoms with Crippen molar-refractivity contribution < 1.29 is 0 Å². The minimum Gasteiger partial charge on any atom is -0.329 e. The van der Waals surface area contributed by atoms with Crippen molar-refractivity contribution in [2.45, 2.75) is 24.9 Å². The van der Waals surface area contributed by atoms with E-state index in [2.05, 4.69) is 35.2 Å². The summed E-state index contributed by atoms with van der Waals surface area (Å²) in [6.45, 7) is 3.15. The van der Waals surface area contributed by atoms with Crippen LogP contribution in [0.3, 0.4) is 0 Å². The second-order valence-electron chi connectivity index (χ2n) is 4.90. The van der Waals surface area contributed by atoms with Crippen molar-refractivity contribution in [1.29, 1.82) is 0 Å². The van der Waals surface area contributed by atoms with E-state index in [0.29, 0.717) is 5.54 Å². The van der Waals surface area contributed by atoms with Gasteiger partial charge in [-0.2, -0.15) is 0 Å². The van der Waals surface area contributed by atoms with Gasteiger partial charge in [-0.25, -0.2) is 0 Å². The lowest BCUT2D eigenvalue weighted by Crippen LogP contribution is -2.40. The second-order valence-corrected chi connectivity index (χ2v) is 4.90. The van der Waals surface area contributed by atoms with Crippen molar-refractivity contribution in [2.24, 2.45) is 11.7 Å². The van der Waals surface area contributed by atoms with E-state index in [1.807, 2.05) is 0 Å². The van der Waals surface area contributed by atoms with Gasteiger partial charge in [0.25, 0.3) is 0 Å². The lowest BCUT2D eigenvalue weighted by Gasteiger charge is -2.27. The standard InChI is InChI=1S/C13H18N2.2ClH/c14-10-13-8-12(13)6-7-15(13)9-11-4-2-1-3-5-11;;/h1-5,12H,6-10,14H2;2*1H/t12?,13-;;/m1../s1. The van der Waals surface area contributed by atoms with Gasteiger partial charge in [0.1, 0.15) is 0 Å². The maximum absolute atomic E-state index is 5.91. The second kappa shape index (κ2) is 5.57. The highest BCUT2D eigenvalue weighted by molar-refractivity contribution is 5.85. The fourth-order valence-corrected chi connectivity index (χ4v) is 3.08. The van der Waals surface area contributed by atoms with Crippen LogP contribution in [0.2, 0.25) is 0 Å². The van der Waals surface area contributed by atoms with Crippen molar-refractivity contribution in [3.05, 3.63) is 35.9 Å². The van der Waals surface area contributed by atoms with Crippen molar-refractivity contribution in [3.63, 3.8) is 0 Å². The predicted molar refractivity (Wildman–Crippen MR) is 75.9 cm³/mol. The van der Waals surface area contributed by atoms with Gasteiger partial charge in [0.05, 0.1) is 0 Å². The third-order valence-corrected chi connectivity index (χ3v) is 4.15. The summed E-state index contributed by atoms with van der Waals surface area (Å²) >= 11 is 0. The molecule has 1 heterocycles. The Morgan fingerprint density at radius 1 is 1.24 bits per heavy atom. The first kappa shape index (κ1) is 14.8. The van der Waals surface area contributed by atoms with Crippen LogP contribution in [0.1, 0.15) is 18.4 Å². The topological polar surface area (TPSA) is 29.3 Å². The molecule has 2 N–H and O–H groups in total. The number of halogens is 2.